The molecule has 0 radical (unpaired) electrons. The molecule has 5 heteroatoms. The zero-order chi connectivity index (χ0) is 23.3. The van der Waals surface area contributed by atoms with Crippen molar-refractivity contribution in [1.82, 2.24) is 9.78 Å². The SMILES string of the molecule is N#C/C(=C\c1cn(-c2ccccc2)nc1-c1ccccc1)C(=O)Nc1cccc2ccccc12. The topological polar surface area (TPSA) is 70.7 Å². The summed E-state index contributed by atoms with van der Waals surface area (Å²) < 4.78 is 1.76. The third kappa shape index (κ3) is 4.21. The number of nitrogens with zero attached hydrogens (tertiary/aromatic N) is 3. The molecular weight excluding hydrogens is 420 g/mol. The average Bonchev–Trinajstić information content (AvgIpc) is 3.32. The molecule has 0 saturated heterocycles. The summed E-state index contributed by atoms with van der Waals surface area (Å²) in [5, 5.41) is 19.4. The van der Waals surface area contributed by atoms with Gasteiger partial charge in [0.05, 0.1) is 11.4 Å². The van der Waals surface area contributed by atoms with Crippen LogP contribution in [-0.4, -0.2) is 15.7 Å². The summed E-state index contributed by atoms with van der Waals surface area (Å²) in [5.74, 6) is -0.467. The zero-order valence-corrected chi connectivity index (χ0v) is 18.2. The molecular formula is C29H20N4O. The van der Waals surface area contributed by atoms with Gasteiger partial charge in [-0.3, -0.25) is 4.79 Å². The minimum Gasteiger partial charge on any atom is -0.321 e. The Morgan fingerprint density at radius 2 is 1.53 bits per heavy atom. The van der Waals surface area contributed by atoms with Crippen molar-refractivity contribution < 1.29 is 4.79 Å². The highest BCUT2D eigenvalue weighted by molar-refractivity contribution is 6.13. The van der Waals surface area contributed by atoms with Gasteiger partial charge in [0, 0.05) is 28.4 Å². The molecule has 5 aromatic rings. The second-order valence-corrected chi connectivity index (χ2v) is 7.73. The van der Waals surface area contributed by atoms with E-state index in [1.807, 2.05) is 109 Å². The van der Waals surface area contributed by atoms with Crippen molar-refractivity contribution >= 4 is 28.4 Å². The van der Waals surface area contributed by atoms with Gasteiger partial charge in [-0.15, -0.1) is 0 Å². The van der Waals surface area contributed by atoms with Crippen molar-refractivity contribution in [3.05, 3.63) is 120 Å². The first-order valence-electron chi connectivity index (χ1n) is 10.8. The van der Waals surface area contributed by atoms with Crippen LogP contribution in [0.3, 0.4) is 0 Å². The molecule has 0 aliphatic carbocycles. The number of rotatable bonds is 5. The summed E-state index contributed by atoms with van der Waals surface area (Å²) in [6.45, 7) is 0. The van der Waals surface area contributed by atoms with E-state index >= 15 is 0 Å². The Morgan fingerprint density at radius 1 is 0.853 bits per heavy atom. The van der Waals surface area contributed by atoms with Gasteiger partial charge in [0.25, 0.3) is 5.91 Å². The highest BCUT2D eigenvalue weighted by Gasteiger charge is 2.16. The summed E-state index contributed by atoms with van der Waals surface area (Å²) in [4.78, 5) is 13.1. The smallest absolute Gasteiger partial charge is 0.266 e. The second-order valence-electron chi connectivity index (χ2n) is 7.73. The Morgan fingerprint density at radius 3 is 2.29 bits per heavy atom. The van der Waals surface area contributed by atoms with Crippen molar-refractivity contribution in [2.75, 3.05) is 5.32 Å². The van der Waals surface area contributed by atoms with Crippen molar-refractivity contribution in [3.63, 3.8) is 0 Å². The van der Waals surface area contributed by atoms with Crippen molar-refractivity contribution in [3.8, 4) is 23.0 Å². The second kappa shape index (κ2) is 9.27. The quantitative estimate of drug-likeness (QED) is 0.260. The summed E-state index contributed by atoms with van der Waals surface area (Å²) in [7, 11) is 0. The van der Waals surface area contributed by atoms with Gasteiger partial charge in [0.15, 0.2) is 0 Å². The molecule has 162 valence electrons. The molecule has 5 nitrogen and oxygen atoms in total. The van der Waals surface area contributed by atoms with Crippen molar-refractivity contribution in [2.45, 2.75) is 0 Å². The van der Waals surface area contributed by atoms with Crippen LogP contribution in [0.15, 0.2) is 115 Å². The Balaban J connectivity index is 1.54. The number of carbonyl (C=O) groups is 1. The van der Waals surface area contributed by atoms with Gasteiger partial charge in [0.2, 0.25) is 0 Å². The van der Waals surface area contributed by atoms with Crippen LogP contribution in [0.25, 0.3) is 33.8 Å². The number of amides is 1. The van der Waals surface area contributed by atoms with Crippen LogP contribution < -0.4 is 5.32 Å². The third-order valence-corrected chi connectivity index (χ3v) is 5.51. The zero-order valence-electron chi connectivity index (χ0n) is 18.2. The van der Waals surface area contributed by atoms with E-state index in [-0.39, 0.29) is 5.57 Å². The van der Waals surface area contributed by atoms with Gasteiger partial charge in [-0.2, -0.15) is 10.4 Å². The predicted molar refractivity (Wildman–Crippen MR) is 135 cm³/mol. The number of carbonyl (C=O) groups excluding carboxylic acids is 1. The number of hydrogen-bond acceptors (Lipinski definition) is 3. The molecule has 0 aliphatic rings. The van der Waals surface area contributed by atoms with Crippen LogP contribution in [0, 0.1) is 11.3 Å². The summed E-state index contributed by atoms with van der Waals surface area (Å²) in [6, 6.07) is 35.0. The Kier molecular flexibility index (Phi) is 5.71. The van der Waals surface area contributed by atoms with E-state index in [2.05, 4.69) is 11.4 Å². The lowest BCUT2D eigenvalue weighted by atomic mass is 10.1. The maximum Gasteiger partial charge on any atom is 0.266 e. The summed E-state index contributed by atoms with van der Waals surface area (Å²) in [6.07, 6.45) is 3.43. The predicted octanol–water partition coefficient (Wildman–Crippen LogP) is 6.24. The van der Waals surface area contributed by atoms with E-state index in [0.717, 1.165) is 22.0 Å². The maximum absolute atomic E-state index is 13.1. The Bertz CT molecular complexity index is 1540. The largest absolute Gasteiger partial charge is 0.321 e. The molecule has 1 heterocycles. The molecule has 0 atom stereocenters. The number of nitrogens with one attached hydrogen (secondary N) is 1. The first-order valence-corrected chi connectivity index (χ1v) is 10.8. The van der Waals surface area contributed by atoms with Gasteiger partial charge in [-0.1, -0.05) is 84.9 Å². The number of aromatic nitrogens is 2. The lowest BCUT2D eigenvalue weighted by Gasteiger charge is -2.08. The van der Waals surface area contributed by atoms with Crippen LogP contribution in [-0.2, 0) is 4.79 Å². The standard InChI is InChI=1S/C29H20N4O/c30-19-23(29(34)31-27-17-9-13-21-10-7-8-16-26(21)27)18-24-20-33(25-14-5-2-6-15-25)32-28(24)22-11-3-1-4-12-22/h1-18,20H,(H,31,34)/b23-18+. The summed E-state index contributed by atoms with van der Waals surface area (Å²) in [5.41, 5.74) is 3.81. The minimum absolute atomic E-state index is 0.00210. The molecule has 4 aromatic carbocycles. The number of benzene rings is 4. The highest BCUT2D eigenvalue weighted by Crippen LogP contribution is 2.27. The molecule has 1 N–H and O–H groups in total. The fourth-order valence-corrected chi connectivity index (χ4v) is 3.85. The Labute approximate surface area is 197 Å². The molecule has 0 bridgehead atoms. The van der Waals surface area contributed by atoms with Crippen LogP contribution in [0.2, 0.25) is 0 Å². The van der Waals surface area contributed by atoms with E-state index in [4.69, 9.17) is 5.10 Å². The average molecular weight is 441 g/mol. The first-order chi connectivity index (χ1) is 16.7. The van der Waals surface area contributed by atoms with Crippen LogP contribution >= 0.6 is 0 Å². The maximum atomic E-state index is 13.1. The van der Waals surface area contributed by atoms with Gasteiger partial charge in [-0.05, 0) is 29.7 Å². The van der Waals surface area contributed by atoms with Crippen molar-refractivity contribution in [2.24, 2.45) is 0 Å². The van der Waals surface area contributed by atoms with E-state index < -0.39 is 5.91 Å². The van der Waals surface area contributed by atoms with E-state index in [9.17, 15) is 10.1 Å². The van der Waals surface area contributed by atoms with E-state index in [1.165, 1.54) is 0 Å². The highest BCUT2D eigenvalue weighted by atomic mass is 16.1. The van der Waals surface area contributed by atoms with E-state index in [0.29, 0.717) is 16.9 Å². The number of hydrogen-bond donors (Lipinski definition) is 1. The van der Waals surface area contributed by atoms with Crippen molar-refractivity contribution in [1.29, 1.82) is 5.26 Å². The Hall–Kier alpha value is -4.95. The molecule has 34 heavy (non-hydrogen) atoms. The number of anilines is 1. The molecule has 0 aliphatic heterocycles. The molecule has 0 spiro atoms. The van der Waals surface area contributed by atoms with E-state index in [1.54, 1.807) is 10.8 Å². The van der Waals surface area contributed by atoms with Crippen LogP contribution in [0.4, 0.5) is 5.69 Å². The first kappa shape index (κ1) is 20.9. The normalized spacial score (nSPS) is 11.2. The number of nitriles is 1. The van der Waals surface area contributed by atoms with Gasteiger partial charge >= 0.3 is 0 Å². The molecule has 0 unspecified atom stereocenters. The molecule has 0 saturated carbocycles. The van der Waals surface area contributed by atoms with Gasteiger partial charge in [-0.25, -0.2) is 4.68 Å². The minimum atomic E-state index is -0.467. The number of fused-ring (bicyclic) bond motifs is 1. The monoisotopic (exact) mass is 440 g/mol. The van der Waals surface area contributed by atoms with Gasteiger partial charge in [0.1, 0.15) is 11.6 Å². The lowest BCUT2D eigenvalue weighted by Crippen LogP contribution is -2.13. The molecule has 1 aromatic heterocycles. The number of para-hydroxylation sites is 1. The lowest BCUT2D eigenvalue weighted by molar-refractivity contribution is -0.112. The molecule has 5 rings (SSSR count). The molecule has 1 amide bonds. The van der Waals surface area contributed by atoms with Gasteiger partial charge < -0.3 is 5.32 Å². The third-order valence-electron chi connectivity index (χ3n) is 5.51. The fourth-order valence-electron chi connectivity index (χ4n) is 3.85. The molecule has 0 fully saturated rings. The van der Waals surface area contributed by atoms with Crippen LogP contribution in [0.1, 0.15) is 5.56 Å². The van der Waals surface area contributed by atoms with Crippen LogP contribution in [0.5, 0.6) is 0 Å². The fraction of sp³-hybridized carbons (Fsp3) is 0. The summed E-state index contributed by atoms with van der Waals surface area (Å²) >= 11 is 0.